The molecular weight excluding hydrogens is 390 g/mol. The molecule has 0 saturated heterocycles. The lowest BCUT2D eigenvalue weighted by molar-refractivity contribution is 0.414. The van der Waals surface area contributed by atoms with Crippen LogP contribution in [0, 0.1) is 6.92 Å². The minimum absolute atomic E-state index is 0.0767. The van der Waals surface area contributed by atoms with Gasteiger partial charge in [0.25, 0.3) is 5.56 Å². The molecular formula is C24H23N5O2. The molecule has 7 nitrogen and oxygen atoms in total. The number of para-hydroxylation sites is 2. The third kappa shape index (κ3) is 3.04. The van der Waals surface area contributed by atoms with E-state index in [1.807, 2.05) is 60.0 Å². The molecule has 0 unspecified atom stereocenters. The molecule has 0 N–H and O–H groups in total. The van der Waals surface area contributed by atoms with Gasteiger partial charge in [-0.15, -0.1) is 0 Å². The molecule has 0 saturated carbocycles. The molecule has 0 bridgehead atoms. The van der Waals surface area contributed by atoms with Gasteiger partial charge in [-0.2, -0.15) is 0 Å². The van der Waals surface area contributed by atoms with Gasteiger partial charge < -0.3 is 4.74 Å². The summed E-state index contributed by atoms with van der Waals surface area (Å²) in [7, 11) is 1.63. The number of fused-ring (bicyclic) bond motifs is 4. The van der Waals surface area contributed by atoms with Crippen molar-refractivity contribution >= 4 is 33.2 Å². The van der Waals surface area contributed by atoms with Crippen LogP contribution in [0.1, 0.15) is 25.6 Å². The highest BCUT2D eigenvalue weighted by molar-refractivity contribution is 6.05. The van der Waals surface area contributed by atoms with E-state index in [-0.39, 0.29) is 5.56 Å². The van der Waals surface area contributed by atoms with Crippen LogP contribution in [0.3, 0.4) is 0 Å². The molecule has 0 aliphatic heterocycles. The van der Waals surface area contributed by atoms with Crippen molar-refractivity contribution in [1.29, 1.82) is 0 Å². The predicted octanol–water partition coefficient (Wildman–Crippen LogP) is 4.40. The van der Waals surface area contributed by atoms with Crippen LogP contribution in [0.5, 0.6) is 5.75 Å². The van der Waals surface area contributed by atoms with Crippen LogP contribution < -0.4 is 10.3 Å². The number of aromatic nitrogens is 5. The van der Waals surface area contributed by atoms with E-state index in [0.717, 1.165) is 29.6 Å². The van der Waals surface area contributed by atoms with Crippen LogP contribution in [0.4, 0.5) is 0 Å². The molecule has 0 fully saturated rings. The van der Waals surface area contributed by atoms with Crippen LogP contribution in [0.2, 0.25) is 0 Å². The Bertz CT molecular complexity index is 1500. The Morgan fingerprint density at radius 1 is 0.968 bits per heavy atom. The molecule has 3 heterocycles. The number of ether oxygens (including phenoxy) is 1. The van der Waals surface area contributed by atoms with Crippen molar-refractivity contribution in [1.82, 2.24) is 24.1 Å². The smallest absolute Gasteiger partial charge is 0.265 e. The summed E-state index contributed by atoms with van der Waals surface area (Å²) < 4.78 is 9.08. The summed E-state index contributed by atoms with van der Waals surface area (Å²) >= 11 is 0. The monoisotopic (exact) mass is 413 g/mol. The topological polar surface area (TPSA) is 74.8 Å². The number of hydrogen-bond acceptors (Lipinski definition) is 5. The number of unbranched alkanes of at least 4 members (excludes halogenated alkanes) is 1. The van der Waals surface area contributed by atoms with Gasteiger partial charge in [-0.05, 0) is 37.6 Å². The molecule has 7 heteroatoms. The number of rotatable bonds is 5. The van der Waals surface area contributed by atoms with Crippen molar-refractivity contribution in [3.05, 3.63) is 64.7 Å². The van der Waals surface area contributed by atoms with Gasteiger partial charge in [0.2, 0.25) is 0 Å². The van der Waals surface area contributed by atoms with Crippen molar-refractivity contribution < 1.29 is 4.74 Å². The van der Waals surface area contributed by atoms with E-state index in [2.05, 4.69) is 6.92 Å². The summed E-state index contributed by atoms with van der Waals surface area (Å²) in [6, 6.07) is 15.4. The maximum atomic E-state index is 13.6. The fourth-order valence-electron chi connectivity index (χ4n) is 4.00. The van der Waals surface area contributed by atoms with Crippen molar-refractivity contribution in [3.8, 4) is 11.4 Å². The van der Waals surface area contributed by atoms with Gasteiger partial charge in [-0.3, -0.25) is 13.9 Å². The number of nitrogens with zero attached hydrogens (tertiary/aromatic N) is 5. The average Bonchev–Trinajstić information content (AvgIpc) is 3.10. The van der Waals surface area contributed by atoms with E-state index in [4.69, 9.17) is 19.7 Å². The first-order valence-electron chi connectivity index (χ1n) is 10.4. The first kappa shape index (κ1) is 19.2. The minimum atomic E-state index is -0.0767. The van der Waals surface area contributed by atoms with Gasteiger partial charge in [-0.25, -0.2) is 15.0 Å². The fraction of sp³-hybridized carbons (Fsp3) is 0.250. The lowest BCUT2D eigenvalue weighted by atomic mass is 10.2. The van der Waals surface area contributed by atoms with E-state index in [9.17, 15) is 4.79 Å². The first-order chi connectivity index (χ1) is 15.1. The quantitative estimate of drug-likeness (QED) is 0.427. The number of hydrogen-bond donors (Lipinski definition) is 0. The lowest BCUT2D eigenvalue weighted by Gasteiger charge is -2.11. The molecule has 0 spiro atoms. The Labute approximate surface area is 179 Å². The Hall–Kier alpha value is -3.74. The zero-order valence-corrected chi connectivity index (χ0v) is 17.8. The fourth-order valence-corrected chi connectivity index (χ4v) is 4.00. The molecule has 0 atom stereocenters. The average molecular weight is 413 g/mol. The summed E-state index contributed by atoms with van der Waals surface area (Å²) in [5.74, 6) is 1.40. The third-order valence-electron chi connectivity index (χ3n) is 5.60. The number of methoxy groups -OCH3 is 1. The van der Waals surface area contributed by atoms with Gasteiger partial charge in [0.15, 0.2) is 11.3 Å². The zero-order chi connectivity index (χ0) is 21.5. The second kappa shape index (κ2) is 7.50. The van der Waals surface area contributed by atoms with E-state index in [0.29, 0.717) is 40.3 Å². The summed E-state index contributed by atoms with van der Waals surface area (Å²) in [6.45, 7) is 4.62. The highest BCUT2D eigenvalue weighted by Gasteiger charge is 2.22. The van der Waals surface area contributed by atoms with E-state index >= 15 is 0 Å². The standard InChI is InChI=1S/C24H23N5O2/c1-4-5-13-28-15(2)25-22-20(24(28)30)21-23(27-19-12-7-6-11-18(19)26-21)29(22)16-9-8-10-17(14-16)31-3/h6-12,14H,4-5,13H2,1-3H3. The van der Waals surface area contributed by atoms with Crippen LogP contribution in [-0.2, 0) is 6.54 Å². The maximum absolute atomic E-state index is 13.6. The van der Waals surface area contributed by atoms with Gasteiger partial charge in [-0.1, -0.05) is 31.5 Å². The molecule has 2 aromatic carbocycles. The molecule has 0 radical (unpaired) electrons. The molecule has 0 aliphatic carbocycles. The molecule has 5 rings (SSSR count). The Morgan fingerprint density at radius 2 is 1.74 bits per heavy atom. The maximum Gasteiger partial charge on any atom is 0.265 e. The second-order valence-electron chi connectivity index (χ2n) is 7.59. The largest absolute Gasteiger partial charge is 0.497 e. The number of aryl methyl sites for hydroxylation is 1. The highest BCUT2D eigenvalue weighted by Crippen LogP contribution is 2.29. The molecule has 0 amide bonds. The molecule has 3 aromatic heterocycles. The van der Waals surface area contributed by atoms with Crippen LogP contribution >= 0.6 is 0 Å². The van der Waals surface area contributed by atoms with Crippen molar-refractivity contribution in [2.75, 3.05) is 7.11 Å². The number of benzene rings is 2. The van der Waals surface area contributed by atoms with Crippen molar-refractivity contribution in [3.63, 3.8) is 0 Å². The van der Waals surface area contributed by atoms with E-state index in [1.165, 1.54) is 0 Å². The molecule has 156 valence electrons. The molecule has 31 heavy (non-hydrogen) atoms. The Balaban J connectivity index is 1.95. The summed E-state index contributed by atoms with van der Waals surface area (Å²) in [5.41, 5.74) is 4.01. The van der Waals surface area contributed by atoms with Crippen molar-refractivity contribution in [2.24, 2.45) is 0 Å². The van der Waals surface area contributed by atoms with Gasteiger partial charge >= 0.3 is 0 Å². The highest BCUT2D eigenvalue weighted by atomic mass is 16.5. The summed E-state index contributed by atoms with van der Waals surface area (Å²) in [6.07, 6.45) is 1.91. The van der Waals surface area contributed by atoms with Crippen LogP contribution in [0.15, 0.2) is 53.3 Å². The predicted molar refractivity (Wildman–Crippen MR) is 122 cm³/mol. The van der Waals surface area contributed by atoms with Gasteiger partial charge in [0.05, 0.1) is 23.8 Å². The molecule has 5 aromatic rings. The van der Waals surface area contributed by atoms with E-state index < -0.39 is 0 Å². The van der Waals surface area contributed by atoms with Crippen LogP contribution in [0.25, 0.3) is 38.9 Å². The third-order valence-corrected chi connectivity index (χ3v) is 5.60. The molecule has 0 aliphatic rings. The lowest BCUT2D eigenvalue weighted by Crippen LogP contribution is -2.24. The van der Waals surface area contributed by atoms with Crippen LogP contribution in [-0.4, -0.2) is 31.2 Å². The van der Waals surface area contributed by atoms with Crippen molar-refractivity contribution in [2.45, 2.75) is 33.2 Å². The zero-order valence-electron chi connectivity index (χ0n) is 17.8. The minimum Gasteiger partial charge on any atom is -0.497 e. The van der Waals surface area contributed by atoms with E-state index in [1.54, 1.807) is 11.7 Å². The SMILES string of the molecule is CCCCn1c(C)nc2c(c1=O)c1nc3ccccc3nc1n2-c1cccc(OC)c1. The summed E-state index contributed by atoms with van der Waals surface area (Å²) in [4.78, 5) is 28.2. The van der Waals surface area contributed by atoms with Gasteiger partial charge in [0.1, 0.15) is 22.5 Å². The Kier molecular flexibility index (Phi) is 4.66. The second-order valence-corrected chi connectivity index (χ2v) is 7.59. The Morgan fingerprint density at radius 3 is 2.48 bits per heavy atom. The normalized spacial score (nSPS) is 11.6. The van der Waals surface area contributed by atoms with Gasteiger partial charge in [0, 0.05) is 12.6 Å². The first-order valence-corrected chi connectivity index (χ1v) is 10.4. The summed E-state index contributed by atoms with van der Waals surface area (Å²) in [5, 5.41) is 0.498.